The van der Waals surface area contributed by atoms with Crippen LogP contribution in [0.5, 0.6) is 0 Å². The number of amides is 1. The Bertz CT molecular complexity index is 791. The molecular weight excluding hydrogens is 306 g/mol. The lowest BCUT2D eigenvalue weighted by Crippen LogP contribution is -2.08. The van der Waals surface area contributed by atoms with Gasteiger partial charge in [-0.15, -0.1) is 0 Å². The molecule has 0 aliphatic heterocycles. The topological polar surface area (TPSA) is 127 Å². The van der Waals surface area contributed by atoms with E-state index in [2.05, 4.69) is 25.4 Å². The Hall–Kier alpha value is -3.47. The molecule has 1 amide bonds. The molecule has 2 aromatic carbocycles. The predicted octanol–water partition coefficient (Wildman–Crippen LogP) is 5.05. The quantitative estimate of drug-likeness (QED) is 0.446. The van der Waals surface area contributed by atoms with Crippen LogP contribution >= 0.6 is 0 Å². The number of anilines is 1. The Morgan fingerprint density at radius 3 is 1.88 bits per heavy atom. The standard InChI is InChI=1S/C16H15N7O/c1-11(24)19-14-9-7-13(8-10-14)16(21-23-18)15(20-22-17)12-5-3-2-4-6-12/h2-10,15-16H,1H3,(H,19,24)/t15-,16-/m1/s1. The summed E-state index contributed by atoms with van der Waals surface area (Å²) in [6.45, 7) is 1.42. The summed E-state index contributed by atoms with van der Waals surface area (Å²) in [5.41, 5.74) is 19.8. The van der Waals surface area contributed by atoms with E-state index in [0.29, 0.717) is 11.3 Å². The van der Waals surface area contributed by atoms with Gasteiger partial charge in [0.05, 0.1) is 12.1 Å². The fraction of sp³-hybridized carbons (Fsp3) is 0.188. The van der Waals surface area contributed by atoms with Crippen LogP contribution in [0, 0.1) is 0 Å². The van der Waals surface area contributed by atoms with Gasteiger partial charge in [0, 0.05) is 22.4 Å². The zero-order valence-corrected chi connectivity index (χ0v) is 12.9. The molecule has 0 unspecified atom stereocenters. The Labute approximate surface area is 138 Å². The number of rotatable bonds is 6. The van der Waals surface area contributed by atoms with Gasteiger partial charge in [0.1, 0.15) is 0 Å². The van der Waals surface area contributed by atoms with E-state index in [-0.39, 0.29) is 5.91 Å². The predicted molar refractivity (Wildman–Crippen MR) is 91.0 cm³/mol. The molecule has 24 heavy (non-hydrogen) atoms. The second kappa shape index (κ2) is 8.24. The minimum Gasteiger partial charge on any atom is -0.326 e. The summed E-state index contributed by atoms with van der Waals surface area (Å²) >= 11 is 0. The Morgan fingerprint density at radius 1 is 0.917 bits per heavy atom. The van der Waals surface area contributed by atoms with Gasteiger partial charge >= 0.3 is 0 Å². The fourth-order valence-electron chi connectivity index (χ4n) is 2.35. The maximum atomic E-state index is 11.1. The highest BCUT2D eigenvalue weighted by Crippen LogP contribution is 2.36. The first-order chi connectivity index (χ1) is 11.7. The third kappa shape index (κ3) is 4.27. The van der Waals surface area contributed by atoms with Crippen molar-refractivity contribution in [2.45, 2.75) is 19.0 Å². The zero-order chi connectivity index (χ0) is 17.4. The normalized spacial score (nSPS) is 12.2. The molecule has 0 aliphatic rings. The fourth-order valence-corrected chi connectivity index (χ4v) is 2.35. The van der Waals surface area contributed by atoms with E-state index in [1.807, 2.05) is 30.3 Å². The van der Waals surface area contributed by atoms with Crippen LogP contribution in [0.1, 0.15) is 30.1 Å². The van der Waals surface area contributed by atoms with Gasteiger partial charge in [0.25, 0.3) is 0 Å². The molecular formula is C16H15N7O. The van der Waals surface area contributed by atoms with Crippen LogP contribution in [0.15, 0.2) is 64.8 Å². The highest BCUT2D eigenvalue weighted by Gasteiger charge is 2.23. The van der Waals surface area contributed by atoms with Gasteiger partial charge in [-0.1, -0.05) is 52.7 Å². The molecule has 120 valence electrons. The summed E-state index contributed by atoms with van der Waals surface area (Å²) in [6, 6.07) is 14.6. The van der Waals surface area contributed by atoms with Crippen LogP contribution in [0.3, 0.4) is 0 Å². The van der Waals surface area contributed by atoms with Gasteiger partial charge in [-0.3, -0.25) is 4.79 Å². The van der Waals surface area contributed by atoms with Crippen LogP contribution in [0.4, 0.5) is 5.69 Å². The number of benzene rings is 2. The molecule has 0 saturated heterocycles. The molecule has 8 heteroatoms. The molecule has 0 bridgehead atoms. The minimum absolute atomic E-state index is 0.175. The van der Waals surface area contributed by atoms with Crippen molar-refractivity contribution in [1.82, 2.24) is 0 Å². The molecule has 0 aliphatic carbocycles. The molecule has 0 heterocycles. The summed E-state index contributed by atoms with van der Waals surface area (Å²) in [7, 11) is 0. The number of hydrogen-bond acceptors (Lipinski definition) is 3. The Kier molecular flexibility index (Phi) is 5.80. The molecule has 0 radical (unpaired) electrons. The third-order valence-corrected chi connectivity index (χ3v) is 3.36. The van der Waals surface area contributed by atoms with E-state index in [1.165, 1.54) is 6.92 Å². The van der Waals surface area contributed by atoms with Gasteiger partial charge in [0.15, 0.2) is 0 Å². The molecule has 1 N–H and O–H groups in total. The number of carbonyl (C=O) groups is 1. The molecule has 0 aromatic heterocycles. The van der Waals surface area contributed by atoms with Gasteiger partial charge in [0.2, 0.25) is 5.91 Å². The molecule has 8 nitrogen and oxygen atoms in total. The van der Waals surface area contributed by atoms with Crippen molar-refractivity contribution in [3.05, 3.63) is 86.6 Å². The third-order valence-electron chi connectivity index (χ3n) is 3.36. The largest absolute Gasteiger partial charge is 0.326 e. The second-order valence-electron chi connectivity index (χ2n) is 5.01. The van der Waals surface area contributed by atoms with E-state index >= 15 is 0 Å². The summed E-state index contributed by atoms with van der Waals surface area (Å²) in [4.78, 5) is 16.8. The average molecular weight is 321 g/mol. The molecule has 2 atom stereocenters. The van der Waals surface area contributed by atoms with Crippen LogP contribution in [-0.2, 0) is 4.79 Å². The van der Waals surface area contributed by atoms with E-state index in [9.17, 15) is 4.79 Å². The Balaban J connectivity index is 2.41. The SMILES string of the molecule is CC(=O)Nc1ccc([C@@H](N=[N+]=[N-])[C@H](N=[N+]=[N-])c2ccccc2)cc1. The number of azide groups is 2. The van der Waals surface area contributed by atoms with Crippen molar-refractivity contribution in [3.63, 3.8) is 0 Å². The lowest BCUT2D eigenvalue weighted by molar-refractivity contribution is -0.114. The van der Waals surface area contributed by atoms with Crippen molar-refractivity contribution in [2.75, 3.05) is 5.32 Å². The monoisotopic (exact) mass is 321 g/mol. The van der Waals surface area contributed by atoms with Crippen molar-refractivity contribution in [2.24, 2.45) is 10.2 Å². The van der Waals surface area contributed by atoms with Crippen molar-refractivity contribution >= 4 is 11.6 Å². The van der Waals surface area contributed by atoms with Gasteiger partial charge in [-0.05, 0) is 34.3 Å². The molecule has 0 fully saturated rings. The average Bonchev–Trinajstić information content (AvgIpc) is 2.59. The van der Waals surface area contributed by atoms with E-state index in [4.69, 9.17) is 11.1 Å². The van der Waals surface area contributed by atoms with Gasteiger partial charge in [-0.25, -0.2) is 0 Å². The lowest BCUT2D eigenvalue weighted by Gasteiger charge is -2.20. The number of carbonyl (C=O) groups excluding carboxylic acids is 1. The molecule has 2 aromatic rings. The summed E-state index contributed by atoms with van der Waals surface area (Å²) in [6.07, 6.45) is 0. The summed E-state index contributed by atoms with van der Waals surface area (Å²) in [5.74, 6) is -0.175. The highest BCUT2D eigenvalue weighted by atomic mass is 16.1. The van der Waals surface area contributed by atoms with Crippen molar-refractivity contribution < 1.29 is 4.79 Å². The first-order valence-corrected chi connectivity index (χ1v) is 7.16. The van der Waals surface area contributed by atoms with E-state index in [1.54, 1.807) is 24.3 Å². The van der Waals surface area contributed by atoms with Crippen molar-refractivity contribution in [3.8, 4) is 0 Å². The van der Waals surface area contributed by atoms with Crippen LogP contribution < -0.4 is 5.32 Å². The lowest BCUT2D eigenvalue weighted by atomic mass is 9.94. The minimum atomic E-state index is -0.695. The summed E-state index contributed by atoms with van der Waals surface area (Å²) in [5, 5.41) is 10.3. The summed E-state index contributed by atoms with van der Waals surface area (Å²) < 4.78 is 0. The first kappa shape index (κ1) is 16.9. The number of hydrogen-bond donors (Lipinski definition) is 1. The highest BCUT2D eigenvalue weighted by molar-refractivity contribution is 5.88. The van der Waals surface area contributed by atoms with Gasteiger partial charge in [-0.2, -0.15) is 0 Å². The first-order valence-electron chi connectivity index (χ1n) is 7.16. The van der Waals surface area contributed by atoms with Crippen molar-refractivity contribution in [1.29, 1.82) is 0 Å². The Morgan fingerprint density at radius 2 is 1.42 bits per heavy atom. The number of nitrogens with zero attached hydrogens (tertiary/aromatic N) is 6. The van der Waals surface area contributed by atoms with E-state index in [0.717, 1.165) is 5.56 Å². The molecule has 0 spiro atoms. The van der Waals surface area contributed by atoms with Gasteiger partial charge < -0.3 is 5.32 Å². The van der Waals surface area contributed by atoms with E-state index < -0.39 is 12.1 Å². The molecule has 2 rings (SSSR count). The van der Waals surface area contributed by atoms with Crippen LogP contribution in [0.25, 0.3) is 20.9 Å². The number of nitrogens with one attached hydrogen (secondary N) is 1. The molecule has 0 saturated carbocycles. The smallest absolute Gasteiger partial charge is 0.221 e. The second-order valence-corrected chi connectivity index (χ2v) is 5.01. The van der Waals surface area contributed by atoms with Crippen LogP contribution in [0.2, 0.25) is 0 Å². The maximum Gasteiger partial charge on any atom is 0.221 e. The maximum absolute atomic E-state index is 11.1. The van der Waals surface area contributed by atoms with Crippen LogP contribution in [-0.4, -0.2) is 5.91 Å². The zero-order valence-electron chi connectivity index (χ0n) is 12.9.